The first kappa shape index (κ1) is 67.9. The molecule has 6 heteroatoms. The summed E-state index contributed by atoms with van der Waals surface area (Å²) in [5, 5.41) is 23.3. The van der Waals surface area contributed by atoms with Crippen molar-refractivity contribution in [3.8, 4) is 0 Å². The molecule has 0 spiro atoms. The van der Waals surface area contributed by atoms with E-state index in [1.54, 1.807) is 0 Å². The lowest BCUT2D eigenvalue weighted by atomic mass is 10.0. The SMILES string of the molecule is CCCCCCCCCCCCCCCCCC(O)C(CO)NC(=O)CCCCCCCCCCCCCCCCCCCCCCCCCOC(=O)CCCCCCCCCCCCCCCC. The van der Waals surface area contributed by atoms with Gasteiger partial charge in [-0.05, 0) is 25.7 Å². The van der Waals surface area contributed by atoms with Crippen LogP contribution >= 0.6 is 0 Å². The average molecular weight is 977 g/mol. The average Bonchev–Trinajstić information content (AvgIpc) is 3.35. The Bertz CT molecular complexity index is 990. The Balaban J connectivity index is 3.35. The molecular weight excluding hydrogens is 851 g/mol. The number of rotatable bonds is 60. The molecule has 0 bridgehead atoms. The molecule has 0 aromatic carbocycles. The van der Waals surface area contributed by atoms with Gasteiger partial charge in [-0.3, -0.25) is 9.59 Å². The van der Waals surface area contributed by atoms with Crippen LogP contribution in [0.5, 0.6) is 0 Å². The van der Waals surface area contributed by atoms with Crippen molar-refractivity contribution in [2.24, 2.45) is 0 Å². The smallest absolute Gasteiger partial charge is 0.305 e. The number of aliphatic hydroxyl groups is 2. The minimum absolute atomic E-state index is 0.0177. The van der Waals surface area contributed by atoms with E-state index in [4.69, 9.17) is 4.74 Å². The van der Waals surface area contributed by atoms with Crippen molar-refractivity contribution < 1.29 is 24.5 Å². The third kappa shape index (κ3) is 56.0. The molecule has 69 heavy (non-hydrogen) atoms. The third-order valence-electron chi connectivity index (χ3n) is 15.2. The van der Waals surface area contributed by atoms with Crippen molar-refractivity contribution in [1.82, 2.24) is 5.32 Å². The predicted molar refractivity (Wildman–Crippen MR) is 301 cm³/mol. The first-order valence-electron chi connectivity index (χ1n) is 31.8. The van der Waals surface area contributed by atoms with Crippen LogP contribution in [0.2, 0.25) is 0 Å². The van der Waals surface area contributed by atoms with Crippen molar-refractivity contribution in [2.75, 3.05) is 13.2 Å². The van der Waals surface area contributed by atoms with Crippen LogP contribution in [0.4, 0.5) is 0 Å². The molecule has 0 saturated carbocycles. The summed E-state index contributed by atoms with van der Waals surface area (Å²) in [4.78, 5) is 24.5. The maximum absolute atomic E-state index is 12.5. The van der Waals surface area contributed by atoms with Gasteiger partial charge in [-0.15, -0.1) is 0 Å². The Hall–Kier alpha value is -1.14. The molecular formula is C63H125NO5. The summed E-state index contributed by atoms with van der Waals surface area (Å²) in [5.74, 6) is -0.0135. The Morgan fingerprint density at radius 2 is 0.594 bits per heavy atom. The van der Waals surface area contributed by atoms with Gasteiger partial charge in [-0.25, -0.2) is 0 Å². The molecule has 0 saturated heterocycles. The monoisotopic (exact) mass is 976 g/mol. The van der Waals surface area contributed by atoms with Gasteiger partial charge in [0.2, 0.25) is 5.91 Å². The summed E-state index contributed by atoms with van der Waals surface area (Å²) in [7, 11) is 0. The van der Waals surface area contributed by atoms with Crippen LogP contribution in [0.25, 0.3) is 0 Å². The van der Waals surface area contributed by atoms with Gasteiger partial charge in [0.05, 0.1) is 25.4 Å². The fourth-order valence-corrected chi connectivity index (χ4v) is 10.3. The second kappa shape index (κ2) is 59.4. The highest BCUT2D eigenvalue weighted by molar-refractivity contribution is 5.76. The minimum atomic E-state index is -0.662. The Morgan fingerprint density at radius 1 is 0.348 bits per heavy atom. The Labute approximate surface area is 432 Å². The molecule has 0 aliphatic heterocycles. The minimum Gasteiger partial charge on any atom is -0.466 e. The molecule has 3 N–H and O–H groups in total. The van der Waals surface area contributed by atoms with Crippen LogP contribution in [-0.4, -0.2) is 47.4 Å². The van der Waals surface area contributed by atoms with E-state index in [1.165, 1.54) is 295 Å². The van der Waals surface area contributed by atoms with Gasteiger partial charge >= 0.3 is 5.97 Å². The van der Waals surface area contributed by atoms with Crippen molar-refractivity contribution in [2.45, 2.75) is 379 Å². The summed E-state index contributed by atoms with van der Waals surface area (Å²) < 4.78 is 5.49. The second-order valence-electron chi connectivity index (χ2n) is 22.1. The van der Waals surface area contributed by atoms with E-state index >= 15 is 0 Å². The molecule has 2 unspecified atom stereocenters. The van der Waals surface area contributed by atoms with Crippen LogP contribution in [0, 0.1) is 0 Å². The largest absolute Gasteiger partial charge is 0.466 e. The lowest BCUT2D eigenvalue weighted by Crippen LogP contribution is -2.45. The molecule has 2 atom stereocenters. The molecule has 0 aromatic heterocycles. The number of nitrogens with one attached hydrogen (secondary N) is 1. The quantitative estimate of drug-likeness (QED) is 0.0417. The molecule has 0 rings (SSSR count). The van der Waals surface area contributed by atoms with Crippen molar-refractivity contribution in [3.05, 3.63) is 0 Å². The molecule has 0 heterocycles. The van der Waals surface area contributed by atoms with E-state index in [2.05, 4.69) is 19.2 Å². The Morgan fingerprint density at radius 3 is 0.884 bits per heavy atom. The fourth-order valence-electron chi connectivity index (χ4n) is 10.3. The topological polar surface area (TPSA) is 95.9 Å². The number of esters is 1. The number of hydrogen-bond donors (Lipinski definition) is 3. The van der Waals surface area contributed by atoms with Gasteiger partial charge in [-0.1, -0.05) is 328 Å². The molecule has 6 nitrogen and oxygen atoms in total. The number of ether oxygens (including phenoxy) is 1. The lowest BCUT2D eigenvalue weighted by Gasteiger charge is -2.22. The molecule has 0 aromatic rings. The summed E-state index contributed by atoms with van der Waals surface area (Å²) >= 11 is 0. The molecule has 1 amide bonds. The van der Waals surface area contributed by atoms with E-state index < -0.39 is 12.1 Å². The summed E-state index contributed by atoms with van der Waals surface area (Å²) in [6.07, 6.45) is 69.7. The van der Waals surface area contributed by atoms with Gasteiger partial charge in [0.1, 0.15) is 0 Å². The highest BCUT2D eigenvalue weighted by atomic mass is 16.5. The number of amides is 1. The van der Waals surface area contributed by atoms with E-state index in [1.807, 2.05) is 0 Å². The Kier molecular flexibility index (Phi) is 58.4. The van der Waals surface area contributed by atoms with Gasteiger partial charge in [0.15, 0.2) is 0 Å². The molecule has 0 fully saturated rings. The zero-order valence-electron chi connectivity index (χ0n) is 47.1. The second-order valence-corrected chi connectivity index (χ2v) is 22.1. The first-order chi connectivity index (χ1) is 34.0. The van der Waals surface area contributed by atoms with Crippen LogP contribution < -0.4 is 5.32 Å². The highest BCUT2D eigenvalue weighted by Gasteiger charge is 2.20. The molecule has 0 aliphatic rings. The van der Waals surface area contributed by atoms with E-state index in [-0.39, 0.29) is 18.5 Å². The van der Waals surface area contributed by atoms with Gasteiger partial charge in [-0.2, -0.15) is 0 Å². The normalized spacial score (nSPS) is 12.5. The van der Waals surface area contributed by atoms with Crippen LogP contribution in [-0.2, 0) is 14.3 Å². The van der Waals surface area contributed by atoms with Gasteiger partial charge in [0.25, 0.3) is 0 Å². The fraction of sp³-hybridized carbons (Fsp3) is 0.968. The highest BCUT2D eigenvalue weighted by Crippen LogP contribution is 2.19. The number of aliphatic hydroxyl groups excluding tert-OH is 2. The number of unbranched alkanes of at least 4 members (excludes halogenated alkanes) is 49. The zero-order chi connectivity index (χ0) is 50.0. The van der Waals surface area contributed by atoms with E-state index in [9.17, 15) is 19.8 Å². The van der Waals surface area contributed by atoms with Crippen molar-refractivity contribution in [1.29, 1.82) is 0 Å². The molecule has 412 valence electrons. The lowest BCUT2D eigenvalue weighted by molar-refractivity contribution is -0.143. The predicted octanol–water partition coefficient (Wildman–Crippen LogP) is 19.9. The third-order valence-corrected chi connectivity index (χ3v) is 15.2. The van der Waals surface area contributed by atoms with E-state index in [0.717, 1.165) is 38.5 Å². The number of carbonyl (C=O) groups excluding carboxylic acids is 2. The molecule has 0 radical (unpaired) electrons. The molecule has 0 aliphatic carbocycles. The summed E-state index contributed by atoms with van der Waals surface area (Å²) in [6, 6.07) is -0.539. The van der Waals surface area contributed by atoms with Crippen LogP contribution in [0.1, 0.15) is 367 Å². The van der Waals surface area contributed by atoms with Crippen molar-refractivity contribution >= 4 is 11.9 Å². The first-order valence-corrected chi connectivity index (χ1v) is 31.8. The number of carbonyl (C=O) groups is 2. The van der Waals surface area contributed by atoms with Gasteiger partial charge in [0, 0.05) is 12.8 Å². The van der Waals surface area contributed by atoms with Gasteiger partial charge < -0.3 is 20.3 Å². The van der Waals surface area contributed by atoms with Crippen molar-refractivity contribution in [3.63, 3.8) is 0 Å². The number of hydrogen-bond acceptors (Lipinski definition) is 5. The summed E-state index contributed by atoms with van der Waals surface area (Å²) in [5.41, 5.74) is 0. The van der Waals surface area contributed by atoms with Crippen LogP contribution in [0.3, 0.4) is 0 Å². The maximum Gasteiger partial charge on any atom is 0.305 e. The summed E-state index contributed by atoms with van der Waals surface area (Å²) in [6.45, 7) is 4.99. The van der Waals surface area contributed by atoms with E-state index in [0.29, 0.717) is 25.9 Å². The standard InChI is InChI=1S/C63H125NO5/c1-3-5-7-9-11-13-15-17-28-31-35-39-43-47-51-55-61(66)60(59-65)64-62(67)56-52-48-44-40-36-32-29-26-24-22-20-19-21-23-25-27-30-34-38-42-46-50-54-58-69-63(68)57-53-49-45-41-37-33-18-16-14-12-10-8-6-4-2/h60-61,65-66H,3-59H2,1-2H3,(H,64,67). The zero-order valence-corrected chi connectivity index (χ0v) is 47.1. The van der Waals surface area contributed by atoms with Crippen LogP contribution in [0.15, 0.2) is 0 Å². The maximum atomic E-state index is 12.5.